The van der Waals surface area contributed by atoms with E-state index in [-0.39, 0.29) is 6.04 Å². The first-order valence-electron chi connectivity index (χ1n) is 3.78. The summed E-state index contributed by atoms with van der Waals surface area (Å²) < 4.78 is 6.80. The number of hydrogen-bond acceptors (Lipinski definition) is 2. The SMILES string of the molecule is C#Cc1c(OC)cnn1C(C)C. The van der Waals surface area contributed by atoms with E-state index in [1.54, 1.807) is 18.0 Å². The summed E-state index contributed by atoms with van der Waals surface area (Å²) in [5.74, 6) is 3.21. The summed E-state index contributed by atoms with van der Waals surface area (Å²) in [5, 5.41) is 4.11. The summed E-state index contributed by atoms with van der Waals surface area (Å²) in [7, 11) is 1.59. The fourth-order valence-corrected chi connectivity index (χ4v) is 1.02. The van der Waals surface area contributed by atoms with Gasteiger partial charge >= 0.3 is 0 Å². The third-order valence-corrected chi connectivity index (χ3v) is 1.61. The fraction of sp³-hybridized carbons (Fsp3) is 0.444. The molecule has 0 unspecified atom stereocenters. The third-order valence-electron chi connectivity index (χ3n) is 1.61. The minimum atomic E-state index is 0.264. The second-order valence-electron chi connectivity index (χ2n) is 2.74. The van der Waals surface area contributed by atoms with E-state index in [4.69, 9.17) is 11.2 Å². The largest absolute Gasteiger partial charge is 0.492 e. The Morgan fingerprint density at radius 2 is 2.33 bits per heavy atom. The minimum Gasteiger partial charge on any atom is -0.492 e. The molecule has 0 saturated heterocycles. The molecule has 0 bridgehead atoms. The first kappa shape index (κ1) is 8.66. The van der Waals surface area contributed by atoms with Gasteiger partial charge in [-0.3, -0.25) is 4.68 Å². The lowest BCUT2D eigenvalue weighted by atomic mass is 10.3. The van der Waals surface area contributed by atoms with Crippen molar-refractivity contribution in [3.05, 3.63) is 11.9 Å². The topological polar surface area (TPSA) is 27.1 Å². The molecule has 1 rings (SSSR count). The van der Waals surface area contributed by atoms with E-state index in [2.05, 4.69) is 11.0 Å². The Morgan fingerprint density at radius 3 is 2.75 bits per heavy atom. The lowest BCUT2D eigenvalue weighted by Gasteiger charge is -2.06. The molecule has 12 heavy (non-hydrogen) atoms. The number of methoxy groups -OCH3 is 1. The molecular weight excluding hydrogens is 152 g/mol. The van der Waals surface area contributed by atoms with Crippen LogP contribution in [0.1, 0.15) is 25.6 Å². The van der Waals surface area contributed by atoms with E-state index in [1.165, 1.54) is 0 Å². The van der Waals surface area contributed by atoms with Crippen LogP contribution in [0.25, 0.3) is 0 Å². The quantitative estimate of drug-likeness (QED) is 0.619. The van der Waals surface area contributed by atoms with Crippen molar-refractivity contribution in [3.63, 3.8) is 0 Å². The van der Waals surface area contributed by atoms with Crippen molar-refractivity contribution in [3.8, 4) is 18.1 Å². The molecule has 0 saturated carbocycles. The maximum atomic E-state index is 5.32. The van der Waals surface area contributed by atoms with Gasteiger partial charge in [-0.1, -0.05) is 0 Å². The molecule has 0 radical (unpaired) electrons. The van der Waals surface area contributed by atoms with E-state index in [1.807, 2.05) is 13.8 Å². The second kappa shape index (κ2) is 3.31. The van der Waals surface area contributed by atoms with Gasteiger partial charge in [-0.05, 0) is 19.8 Å². The molecule has 0 spiro atoms. The van der Waals surface area contributed by atoms with Crippen LogP contribution in [-0.2, 0) is 0 Å². The molecule has 0 atom stereocenters. The maximum absolute atomic E-state index is 5.32. The van der Waals surface area contributed by atoms with Gasteiger partial charge in [0.2, 0.25) is 0 Å². The van der Waals surface area contributed by atoms with E-state index >= 15 is 0 Å². The van der Waals surface area contributed by atoms with Gasteiger partial charge in [0.15, 0.2) is 11.4 Å². The molecule has 0 N–H and O–H groups in total. The van der Waals surface area contributed by atoms with Crippen molar-refractivity contribution in [1.29, 1.82) is 0 Å². The molecule has 0 aliphatic heterocycles. The van der Waals surface area contributed by atoms with Crippen LogP contribution in [0, 0.1) is 12.3 Å². The number of hydrogen-bond donors (Lipinski definition) is 0. The second-order valence-corrected chi connectivity index (χ2v) is 2.74. The van der Waals surface area contributed by atoms with Crippen LogP contribution in [0.15, 0.2) is 6.20 Å². The highest BCUT2D eigenvalue weighted by molar-refractivity contribution is 5.38. The van der Waals surface area contributed by atoms with Gasteiger partial charge in [0, 0.05) is 6.04 Å². The van der Waals surface area contributed by atoms with Crippen LogP contribution in [-0.4, -0.2) is 16.9 Å². The minimum absolute atomic E-state index is 0.264. The van der Waals surface area contributed by atoms with Gasteiger partial charge in [-0.15, -0.1) is 6.42 Å². The summed E-state index contributed by atoms with van der Waals surface area (Å²) in [6.07, 6.45) is 6.95. The number of terminal acetylenes is 1. The molecular formula is C9H12N2O. The number of ether oxygens (including phenoxy) is 1. The molecule has 0 amide bonds. The zero-order valence-electron chi connectivity index (χ0n) is 7.53. The first-order chi connectivity index (χ1) is 5.70. The monoisotopic (exact) mass is 164 g/mol. The van der Waals surface area contributed by atoms with Gasteiger partial charge in [0.25, 0.3) is 0 Å². The highest BCUT2D eigenvalue weighted by Crippen LogP contribution is 2.19. The molecule has 0 aliphatic rings. The number of aromatic nitrogens is 2. The summed E-state index contributed by atoms with van der Waals surface area (Å²) in [6, 6.07) is 0.264. The average Bonchev–Trinajstić information content (AvgIpc) is 2.46. The molecule has 64 valence electrons. The lowest BCUT2D eigenvalue weighted by Crippen LogP contribution is -2.05. The van der Waals surface area contributed by atoms with E-state index in [0.717, 1.165) is 0 Å². The van der Waals surface area contributed by atoms with Crippen molar-refractivity contribution in [2.24, 2.45) is 0 Å². The molecule has 0 aliphatic carbocycles. The van der Waals surface area contributed by atoms with Gasteiger partial charge in [-0.2, -0.15) is 5.10 Å². The Labute approximate surface area is 72.3 Å². The molecule has 1 aromatic rings. The van der Waals surface area contributed by atoms with Crippen LogP contribution >= 0.6 is 0 Å². The van der Waals surface area contributed by atoms with E-state index in [0.29, 0.717) is 11.4 Å². The predicted octanol–water partition coefficient (Wildman–Crippen LogP) is 1.45. The van der Waals surface area contributed by atoms with Gasteiger partial charge in [0.1, 0.15) is 0 Å². The van der Waals surface area contributed by atoms with Crippen LogP contribution < -0.4 is 4.74 Å². The molecule has 0 fully saturated rings. The maximum Gasteiger partial charge on any atom is 0.172 e. The summed E-state index contributed by atoms with van der Waals surface area (Å²) in [5.41, 5.74) is 0.701. The van der Waals surface area contributed by atoms with Crippen molar-refractivity contribution in [1.82, 2.24) is 9.78 Å². The molecule has 1 aromatic heterocycles. The molecule has 1 heterocycles. The smallest absolute Gasteiger partial charge is 0.172 e. The van der Waals surface area contributed by atoms with Crippen LogP contribution in [0.5, 0.6) is 5.75 Å². The Bertz CT molecular complexity index is 307. The zero-order chi connectivity index (χ0) is 9.14. The third kappa shape index (κ3) is 1.28. The summed E-state index contributed by atoms with van der Waals surface area (Å²) in [6.45, 7) is 4.04. The average molecular weight is 164 g/mol. The first-order valence-corrected chi connectivity index (χ1v) is 3.78. The van der Waals surface area contributed by atoms with Crippen molar-refractivity contribution >= 4 is 0 Å². The van der Waals surface area contributed by atoms with E-state index < -0.39 is 0 Å². The van der Waals surface area contributed by atoms with Crippen molar-refractivity contribution in [2.75, 3.05) is 7.11 Å². The molecule has 3 nitrogen and oxygen atoms in total. The van der Waals surface area contributed by atoms with Crippen LogP contribution in [0.4, 0.5) is 0 Å². The Kier molecular flexibility index (Phi) is 2.39. The Balaban J connectivity index is 3.16. The molecule has 0 aromatic carbocycles. The summed E-state index contributed by atoms with van der Waals surface area (Å²) in [4.78, 5) is 0. The van der Waals surface area contributed by atoms with Crippen molar-refractivity contribution in [2.45, 2.75) is 19.9 Å². The Morgan fingerprint density at radius 1 is 1.67 bits per heavy atom. The van der Waals surface area contributed by atoms with Crippen LogP contribution in [0.2, 0.25) is 0 Å². The highest BCUT2D eigenvalue weighted by Gasteiger charge is 2.10. The standard InChI is InChI=1S/C9H12N2O/c1-5-8-9(12-4)6-10-11(8)7(2)3/h1,6-7H,2-4H3. The van der Waals surface area contributed by atoms with Crippen LogP contribution in [0.3, 0.4) is 0 Å². The normalized spacial score (nSPS) is 9.92. The van der Waals surface area contributed by atoms with E-state index in [9.17, 15) is 0 Å². The Hall–Kier alpha value is -1.43. The summed E-state index contributed by atoms with van der Waals surface area (Å²) >= 11 is 0. The lowest BCUT2D eigenvalue weighted by molar-refractivity contribution is 0.411. The number of rotatable bonds is 2. The van der Waals surface area contributed by atoms with Gasteiger partial charge < -0.3 is 4.74 Å². The zero-order valence-corrected chi connectivity index (χ0v) is 7.53. The van der Waals surface area contributed by atoms with Crippen molar-refractivity contribution < 1.29 is 4.74 Å². The predicted molar refractivity (Wildman–Crippen MR) is 47.1 cm³/mol. The fourth-order valence-electron chi connectivity index (χ4n) is 1.02. The van der Waals surface area contributed by atoms with Gasteiger partial charge in [0.05, 0.1) is 13.3 Å². The highest BCUT2D eigenvalue weighted by atomic mass is 16.5. The number of nitrogens with zero attached hydrogens (tertiary/aromatic N) is 2. The molecule has 3 heteroatoms. The van der Waals surface area contributed by atoms with Gasteiger partial charge in [-0.25, -0.2) is 0 Å².